The number of anilines is 1. The molecule has 1 aromatic heterocycles. The third-order valence-corrected chi connectivity index (χ3v) is 4.77. The molecule has 1 aliphatic heterocycles. The van der Waals surface area contributed by atoms with E-state index in [0.717, 1.165) is 40.9 Å². The number of hydrogen-bond acceptors (Lipinski definition) is 3. The maximum Gasteiger partial charge on any atom is 0.335 e. The molecule has 2 aromatic carbocycles. The fourth-order valence-corrected chi connectivity index (χ4v) is 3.45. The number of benzene rings is 2. The molecule has 4 rings (SSSR count). The SMILES string of the molecule is CCCn1cc(/C=C2\C(=O)NC(=O)N(c3ccc(F)cc3)C2=O)c2ccccc21. The van der Waals surface area contributed by atoms with Gasteiger partial charge in [-0.15, -0.1) is 0 Å². The van der Waals surface area contributed by atoms with Crippen molar-refractivity contribution >= 4 is 40.5 Å². The average Bonchev–Trinajstić information content (AvgIpc) is 3.04. The number of nitrogens with zero attached hydrogens (tertiary/aromatic N) is 2. The number of fused-ring (bicyclic) bond motifs is 1. The number of aromatic nitrogens is 1. The second-order valence-corrected chi connectivity index (χ2v) is 6.73. The lowest BCUT2D eigenvalue weighted by Crippen LogP contribution is -2.54. The van der Waals surface area contributed by atoms with E-state index in [1.165, 1.54) is 18.2 Å². The van der Waals surface area contributed by atoms with Crippen LogP contribution in [-0.4, -0.2) is 22.4 Å². The molecule has 6 nitrogen and oxygen atoms in total. The first kappa shape index (κ1) is 18.6. The zero-order valence-electron chi connectivity index (χ0n) is 15.7. The number of rotatable bonds is 4. The fraction of sp³-hybridized carbons (Fsp3) is 0.136. The zero-order valence-corrected chi connectivity index (χ0v) is 15.7. The minimum atomic E-state index is -0.864. The van der Waals surface area contributed by atoms with Crippen molar-refractivity contribution in [3.63, 3.8) is 0 Å². The van der Waals surface area contributed by atoms with E-state index in [2.05, 4.69) is 16.8 Å². The van der Waals surface area contributed by atoms with Crippen LogP contribution in [0, 0.1) is 5.82 Å². The largest absolute Gasteiger partial charge is 0.347 e. The summed E-state index contributed by atoms with van der Waals surface area (Å²) in [5.41, 5.74) is 1.73. The van der Waals surface area contributed by atoms with E-state index in [1.807, 2.05) is 30.5 Å². The van der Waals surface area contributed by atoms with E-state index < -0.39 is 23.7 Å². The predicted octanol–water partition coefficient (Wildman–Crippen LogP) is 3.86. The summed E-state index contributed by atoms with van der Waals surface area (Å²) in [4.78, 5) is 38.5. The quantitative estimate of drug-likeness (QED) is 0.542. The van der Waals surface area contributed by atoms with Crippen molar-refractivity contribution in [3.05, 3.63) is 71.7 Å². The van der Waals surface area contributed by atoms with Crippen LogP contribution in [0.15, 0.2) is 60.3 Å². The van der Waals surface area contributed by atoms with E-state index in [1.54, 1.807) is 0 Å². The van der Waals surface area contributed by atoms with Gasteiger partial charge < -0.3 is 4.57 Å². The first-order valence-corrected chi connectivity index (χ1v) is 9.24. The number of halogens is 1. The molecular weight excluding hydrogens is 373 g/mol. The molecule has 1 saturated heterocycles. The molecule has 0 atom stereocenters. The first-order valence-electron chi connectivity index (χ1n) is 9.24. The van der Waals surface area contributed by atoms with E-state index in [4.69, 9.17) is 0 Å². The summed E-state index contributed by atoms with van der Waals surface area (Å²) in [5.74, 6) is -2.00. The molecule has 0 spiro atoms. The van der Waals surface area contributed by atoms with Crippen LogP contribution in [0.2, 0.25) is 0 Å². The monoisotopic (exact) mass is 391 g/mol. The number of aryl methyl sites for hydroxylation is 1. The van der Waals surface area contributed by atoms with Crippen LogP contribution < -0.4 is 10.2 Å². The normalized spacial score (nSPS) is 16.0. The predicted molar refractivity (Wildman–Crippen MR) is 108 cm³/mol. The zero-order chi connectivity index (χ0) is 20.5. The highest BCUT2D eigenvalue weighted by Crippen LogP contribution is 2.27. The van der Waals surface area contributed by atoms with E-state index in [0.29, 0.717) is 5.56 Å². The Kier molecular flexibility index (Phi) is 4.72. The van der Waals surface area contributed by atoms with Crippen molar-refractivity contribution < 1.29 is 18.8 Å². The lowest BCUT2D eigenvalue weighted by Gasteiger charge is -2.26. The number of carbonyl (C=O) groups is 3. The van der Waals surface area contributed by atoms with Gasteiger partial charge in [-0.05, 0) is 42.8 Å². The molecule has 0 saturated carbocycles. The van der Waals surface area contributed by atoms with E-state index in [9.17, 15) is 18.8 Å². The van der Waals surface area contributed by atoms with Crippen molar-refractivity contribution in [1.82, 2.24) is 9.88 Å². The minimum absolute atomic E-state index is 0.159. The molecule has 0 unspecified atom stereocenters. The Hall–Kier alpha value is -3.74. The minimum Gasteiger partial charge on any atom is -0.347 e. The summed E-state index contributed by atoms with van der Waals surface area (Å²) < 4.78 is 15.3. The maximum atomic E-state index is 13.2. The average molecular weight is 391 g/mol. The number of imide groups is 2. The summed E-state index contributed by atoms with van der Waals surface area (Å²) in [6.07, 6.45) is 4.32. The van der Waals surface area contributed by atoms with Gasteiger partial charge in [-0.2, -0.15) is 0 Å². The van der Waals surface area contributed by atoms with E-state index >= 15 is 0 Å². The standard InChI is InChI=1S/C22H18FN3O3/c1-2-11-25-13-14(17-5-3-4-6-19(17)25)12-18-20(27)24-22(29)26(21(18)28)16-9-7-15(23)8-10-16/h3-10,12-13H,2,11H2,1H3,(H,24,27,29)/b18-12+. The van der Waals surface area contributed by atoms with Gasteiger partial charge in [0.1, 0.15) is 11.4 Å². The second-order valence-electron chi connectivity index (χ2n) is 6.73. The Labute approximate surface area is 166 Å². The van der Waals surface area contributed by atoms with Gasteiger partial charge in [0.05, 0.1) is 5.69 Å². The summed E-state index contributed by atoms with van der Waals surface area (Å²) in [6.45, 7) is 2.86. The van der Waals surface area contributed by atoms with Crippen molar-refractivity contribution in [2.24, 2.45) is 0 Å². The molecule has 1 N–H and O–H groups in total. The van der Waals surface area contributed by atoms with Crippen molar-refractivity contribution in [3.8, 4) is 0 Å². The number of urea groups is 1. The molecule has 7 heteroatoms. The lowest BCUT2D eigenvalue weighted by molar-refractivity contribution is -0.122. The van der Waals surface area contributed by atoms with Crippen LogP contribution in [0.1, 0.15) is 18.9 Å². The molecule has 1 fully saturated rings. The van der Waals surface area contributed by atoms with Gasteiger partial charge in [-0.1, -0.05) is 25.1 Å². The highest BCUT2D eigenvalue weighted by molar-refractivity contribution is 6.39. The van der Waals surface area contributed by atoms with Gasteiger partial charge in [0.15, 0.2) is 0 Å². The molecule has 29 heavy (non-hydrogen) atoms. The van der Waals surface area contributed by atoms with Crippen LogP contribution in [0.25, 0.3) is 17.0 Å². The van der Waals surface area contributed by atoms with Gasteiger partial charge in [-0.3, -0.25) is 14.9 Å². The summed E-state index contributed by atoms with van der Waals surface area (Å²) >= 11 is 0. The maximum absolute atomic E-state index is 13.2. The summed E-state index contributed by atoms with van der Waals surface area (Å²) in [6, 6.07) is 11.8. The molecule has 0 aliphatic carbocycles. The Bertz CT molecular complexity index is 1160. The van der Waals surface area contributed by atoms with Gasteiger partial charge in [0.25, 0.3) is 11.8 Å². The molecule has 0 radical (unpaired) electrons. The highest BCUT2D eigenvalue weighted by atomic mass is 19.1. The second kappa shape index (κ2) is 7.35. The molecule has 146 valence electrons. The topological polar surface area (TPSA) is 71.4 Å². The van der Waals surface area contributed by atoms with Crippen molar-refractivity contribution in [1.29, 1.82) is 0 Å². The molecular formula is C22H18FN3O3. The van der Waals surface area contributed by atoms with Gasteiger partial charge in [-0.25, -0.2) is 14.1 Å². The number of amides is 4. The third-order valence-electron chi connectivity index (χ3n) is 4.77. The van der Waals surface area contributed by atoms with Crippen LogP contribution in [-0.2, 0) is 16.1 Å². The third kappa shape index (κ3) is 3.31. The number of hydrogen-bond donors (Lipinski definition) is 1. The van der Waals surface area contributed by atoms with Gasteiger partial charge >= 0.3 is 6.03 Å². The smallest absolute Gasteiger partial charge is 0.335 e. The fourth-order valence-electron chi connectivity index (χ4n) is 3.45. The van der Waals surface area contributed by atoms with Crippen molar-refractivity contribution in [2.45, 2.75) is 19.9 Å². The van der Waals surface area contributed by atoms with Crippen LogP contribution >= 0.6 is 0 Å². The Balaban J connectivity index is 1.79. The summed E-state index contributed by atoms with van der Waals surface area (Å²) in [7, 11) is 0. The number of carbonyl (C=O) groups excluding carboxylic acids is 3. The summed E-state index contributed by atoms with van der Waals surface area (Å²) in [5, 5.41) is 3.08. The van der Waals surface area contributed by atoms with E-state index in [-0.39, 0.29) is 11.3 Å². The molecule has 4 amide bonds. The Morgan fingerprint density at radius 1 is 1.03 bits per heavy atom. The lowest BCUT2D eigenvalue weighted by atomic mass is 10.1. The molecule has 1 aliphatic rings. The molecule has 3 aromatic rings. The molecule has 0 bridgehead atoms. The van der Waals surface area contributed by atoms with Crippen LogP contribution in [0.4, 0.5) is 14.9 Å². The number of barbiturate groups is 1. The van der Waals surface area contributed by atoms with Gasteiger partial charge in [0, 0.05) is 29.2 Å². The van der Waals surface area contributed by atoms with Gasteiger partial charge in [0.2, 0.25) is 0 Å². The number of nitrogens with one attached hydrogen (secondary N) is 1. The Morgan fingerprint density at radius 3 is 2.48 bits per heavy atom. The molecule has 2 heterocycles. The van der Waals surface area contributed by atoms with Crippen LogP contribution in [0.3, 0.4) is 0 Å². The van der Waals surface area contributed by atoms with Crippen molar-refractivity contribution in [2.75, 3.05) is 4.90 Å². The Morgan fingerprint density at radius 2 is 1.76 bits per heavy atom. The number of para-hydroxylation sites is 1. The first-order chi connectivity index (χ1) is 14.0. The van der Waals surface area contributed by atoms with Crippen LogP contribution in [0.5, 0.6) is 0 Å². The highest BCUT2D eigenvalue weighted by Gasteiger charge is 2.37.